The SMILES string of the molecule is CCCCCCCCCCCCCCCCCCC(CC(=O)NC(CO)C(O)CCCCCCCCCCCCCCCCC)OC(=O)CCCCCCCCCCCC. The Kier molecular flexibility index (Phi) is 48.0. The van der Waals surface area contributed by atoms with Crippen LogP contribution in [0.2, 0.25) is 0 Å². The summed E-state index contributed by atoms with van der Waals surface area (Å²) in [5, 5.41) is 23.8. The van der Waals surface area contributed by atoms with E-state index in [0.717, 1.165) is 44.9 Å². The van der Waals surface area contributed by atoms with E-state index in [1.807, 2.05) is 0 Å². The van der Waals surface area contributed by atoms with Crippen LogP contribution in [0.4, 0.5) is 0 Å². The topological polar surface area (TPSA) is 95.9 Å². The average Bonchev–Trinajstić information content (AvgIpc) is 3.24. The zero-order valence-electron chi connectivity index (χ0n) is 40.9. The fourth-order valence-electron chi connectivity index (χ4n) is 8.79. The van der Waals surface area contributed by atoms with Crippen LogP contribution in [-0.2, 0) is 14.3 Å². The molecule has 0 aromatic heterocycles. The highest BCUT2D eigenvalue weighted by Crippen LogP contribution is 2.19. The lowest BCUT2D eigenvalue weighted by atomic mass is 10.0. The normalized spacial score (nSPS) is 13.1. The molecule has 0 fully saturated rings. The minimum absolute atomic E-state index is 0.0880. The van der Waals surface area contributed by atoms with Gasteiger partial charge in [0.05, 0.1) is 25.2 Å². The number of esters is 1. The third-order valence-electron chi connectivity index (χ3n) is 12.9. The molecule has 0 saturated heterocycles. The van der Waals surface area contributed by atoms with Gasteiger partial charge < -0.3 is 20.3 Å². The molecular weight excluding hydrogens is 743 g/mol. The van der Waals surface area contributed by atoms with Crippen molar-refractivity contribution in [1.82, 2.24) is 5.32 Å². The molecule has 0 saturated carbocycles. The number of amides is 1. The number of aliphatic hydroxyl groups is 2. The molecule has 6 heteroatoms. The first kappa shape index (κ1) is 58.9. The Labute approximate surface area is 375 Å². The summed E-state index contributed by atoms with van der Waals surface area (Å²) in [5.74, 6) is -0.450. The van der Waals surface area contributed by atoms with E-state index >= 15 is 0 Å². The average molecular weight is 850 g/mol. The van der Waals surface area contributed by atoms with Crippen LogP contribution in [0.5, 0.6) is 0 Å². The molecule has 0 rings (SSSR count). The summed E-state index contributed by atoms with van der Waals surface area (Å²) in [6.45, 7) is 6.51. The van der Waals surface area contributed by atoms with Crippen molar-refractivity contribution < 1.29 is 24.5 Å². The maximum atomic E-state index is 13.2. The number of unbranched alkanes of at least 4 members (excludes halogenated alkanes) is 38. The number of hydrogen-bond acceptors (Lipinski definition) is 5. The van der Waals surface area contributed by atoms with E-state index in [1.165, 1.54) is 218 Å². The molecule has 0 aliphatic carbocycles. The summed E-state index contributed by atoms with van der Waals surface area (Å²) >= 11 is 0. The zero-order chi connectivity index (χ0) is 43.8. The third-order valence-corrected chi connectivity index (χ3v) is 12.9. The van der Waals surface area contributed by atoms with Crippen molar-refractivity contribution in [2.75, 3.05) is 6.61 Å². The Bertz CT molecular complexity index is 867. The van der Waals surface area contributed by atoms with Crippen molar-refractivity contribution in [1.29, 1.82) is 0 Å². The molecule has 0 heterocycles. The quantitative estimate of drug-likeness (QED) is 0.0419. The Morgan fingerprint density at radius 1 is 0.417 bits per heavy atom. The monoisotopic (exact) mass is 850 g/mol. The molecule has 0 aromatic carbocycles. The highest BCUT2D eigenvalue weighted by Gasteiger charge is 2.24. The van der Waals surface area contributed by atoms with E-state index in [4.69, 9.17) is 4.74 Å². The van der Waals surface area contributed by atoms with Crippen molar-refractivity contribution in [3.8, 4) is 0 Å². The number of ether oxygens (including phenoxy) is 1. The summed E-state index contributed by atoms with van der Waals surface area (Å²) in [6.07, 6.45) is 53.1. The Hall–Kier alpha value is -1.14. The van der Waals surface area contributed by atoms with Gasteiger partial charge in [0.25, 0.3) is 0 Å². The van der Waals surface area contributed by atoms with Crippen LogP contribution in [0.1, 0.15) is 310 Å². The van der Waals surface area contributed by atoms with Gasteiger partial charge in [0, 0.05) is 6.42 Å². The van der Waals surface area contributed by atoms with E-state index in [-0.39, 0.29) is 24.9 Å². The van der Waals surface area contributed by atoms with Crippen LogP contribution in [0.25, 0.3) is 0 Å². The van der Waals surface area contributed by atoms with Crippen molar-refractivity contribution in [3.63, 3.8) is 0 Å². The third kappa shape index (κ3) is 43.5. The van der Waals surface area contributed by atoms with Gasteiger partial charge in [0.1, 0.15) is 6.10 Å². The van der Waals surface area contributed by atoms with Gasteiger partial charge in [0.15, 0.2) is 0 Å². The summed E-state index contributed by atoms with van der Waals surface area (Å²) in [5.41, 5.74) is 0. The Balaban J connectivity index is 4.46. The first-order valence-electron chi connectivity index (χ1n) is 27.3. The van der Waals surface area contributed by atoms with E-state index in [9.17, 15) is 19.8 Å². The highest BCUT2D eigenvalue weighted by molar-refractivity contribution is 5.77. The molecular formula is C54H107NO5. The van der Waals surface area contributed by atoms with Gasteiger partial charge in [-0.15, -0.1) is 0 Å². The predicted octanol–water partition coefficient (Wildman–Crippen LogP) is 16.4. The van der Waals surface area contributed by atoms with Crippen molar-refractivity contribution in [2.45, 2.75) is 328 Å². The van der Waals surface area contributed by atoms with Crippen molar-refractivity contribution >= 4 is 11.9 Å². The molecule has 0 aliphatic rings. The molecule has 0 spiro atoms. The smallest absolute Gasteiger partial charge is 0.306 e. The Morgan fingerprint density at radius 2 is 0.700 bits per heavy atom. The fraction of sp³-hybridized carbons (Fsp3) is 0.963. The van der Waals surface area contributed by atoms with Crippen LogP contribution in [0, 0.1) is 0 Å². The first-order valence-corrected chi connectivity index (χ1v) is 27.3. The van der Waals surface area contributed by atoms with Gasteiger partial charge in [-0.3, -0.25) is 9.59 Å². The number of aliphatic hydroxyl groups excluding tert-OH is 2. The van der Waals surface area contributed by atoms with E-state index < -0.39 is 18.2 Å². The molecule has 3 atom stereocenters. The largest absolute Gasteiger partial charge is 0.462 e. The number of nitrogens with one attached hydrogen (secondary N) is 1. The zero-order valence-corrected chi connectivity index (χ0v) is 40.9. The summed E-state index contributed by atoms with van der Waals surface area (Å²) in [7, 11) is 0. The minimum atomic E-state index is -0.779. The van der Waals surface area contributed by atoms with Gasteiger partial charge in [-0.05, 0) is 25.7 Å². The van der Waals surface area contributed by atoms with Gasteiger partial charge in [0.2, 0.25) is 5.91 Å². The van der Waals surface area contributed by atoms with Crippen LogP contribution < -0.4 is 5.32 Å². The number of carbonyl (C=O) groups is 2. The lowest BCUT2D eigenvalue weighted by Crippen LogP contribution is -2.46. The molecule has 0 radical (unpaired) electrons. The number of hydrogen-bond donors (Lipinski definition) is 3. The lowest BCUT2D eigenvalue weighted by molar-refractivity contribution is -0.151. The highest BCUT2D eigenvalue weighted by atomic mass is 16.5. The molecule has 3 unspecified atom stereocenters. The lowest BCUT2D eigenvalue weighted by Gasteiger charge is -2.24. The molecule has 1 amide bonds. The second-order valence-corrected chi connectivity index (χ2v) is 19.0. The van der Waals surface area contributed by atoms with Gasteiger partial charge in [-0.25, -0.2) is 0 Å². The number of rotatable bonds is 50. The second kappa shape index (κ2) is 48.9. The second-order valence-electron chi connectivity index (χ2n) is 19.0. The molecule has 358 valence electrons. The van der Waals surface area contributed by atoms with E-state index in [0.29, 0.717) is 19.3 Å². The molecule has 0 bridgehead atoms. The van der Waals surface area contributed by atoms with Crippen molar-refractivity contribution in [3.05, 3.63) is 0 Å². The molecule has 3 N–H and O–H groups in total. The molecule has 6 nitrogen and oxygen atoms in total. The van der Waals surface area contributed by atoms with E-state index in [1.54, 1.807) is 0 Å². The molecule has 0 aliphatic heterocycles. The fourth-order valence-corrected chi connectivity index (χ4v) is 8.79. The summed E-state index contributed by atoms with van der Waals surface area (Å²) in [6, 6.07) is -0.692. The number of carbonyl (C=O) groups excluding carboxylic acids is 2. The summed E-state index contributed by atoms with van der Waals surface area (Å²) < 4.78 is 5.94. The van der Waals surface area contributed by atoms with Crippen LogP contribution >= 0.6 is 0 Å². The van der Waals surface area contributed by atoms with Crippen LogP contribution in [0.3, 0.4) is 0 Å². The molecule has 60 heavy (non-hydrogen) atoms. The maximum absolute atomic E-state index is 13.2. The summed E-state index contributed by atoms with van der Waals surface area (Å²) in [4.78, 5) is 26.1. The van der Waals surface area contributed by atoms with Crippen molar-refractivity contribution in [2.24, 2.45) is 0 Å². The predicted molar refractivity (Wildman–Crippen MR) is 260 cm³/mol. The van der Waals surface area contributed by atoms with Gasteiger partial charge in [-0.1, -0.05) is 271 Å². The van der Waals surface area contributed by atoms with Gasteiger partial charge >= 0.3 is 5.97 Å². The Morgan fingerprint density at radius 3 is 1.02 bits per heavy atom. The standard InChI is InChI=1S/C54H107NO5/c1-4-7-10-13-16-19-22-24-26-28-29-31-33-36-39-42-45-50(60-54(59)47-44-41-38-35-21-18-15-12-9-6-3)48-53(58)55-51(49-56)52(57)46-43-40-37-34-32-30-27-25-23-20-17-14-11-8-5-2/h50-52,56-57H,4-49H2,1-3H3,(H,55,58). The van der Waals surface area contributed by atoms with Crippen LogP contribution in [0.15, 0.2) is 0 Å². The van der Waals surface area contributed by atoms with E-state index in [2.05, 4.69) is 26.1 Å². The first-order chi connectivity index (χ1) is 29.5. The van der Waals surface area contributed by atoms with Gasteiger partial charge in [-0.2, -0.15) is 0 Å². The minimum Gasteiger partial charge on any atom is -0.462 e. The van der Waals surface area contributed by atoms with Crippen LogP contribution in [-0.4, -0.2) is 46.9 Å². The molecule has 0 aromatic rings. The maximum Gasteiger partial charge on any atom is 0.306 e.